The Kier molecular flexibility index (Phi) is 4.47. The second-order valence-electron chi connectivity index (χ2n) is 5.94. The summed E-state index contributed by atoms with van der Waals surface area (Å²) in [4.78, 5) is 32.0. The van der Waals surface area contributed by atoms with Gasteiger partial charge in [-0.15, -0.1) is 0 Å². The number of carbonyl (C=O) groups is 2. The van der Waals surface area contributed by atoms with Crippen molar-refractivity contribution < 1.29 is 19.4 Å². The predicted molar refractivity (Wildman–Crippen MR) is 81.9 cm³/mol. The van der Waals surface area contributed by atoms with Crippen molar-refractivity contribution in [2.45, 2.75) is 31.8 Å². The molecule has 0 spiro atoms. The molecule has 124 valence electrons. The molecule has 1 saturated heterocycles. The maximum absolute atomic E-state index is 12.8. The minimum atomic E-state index is -0.368. The summed E-state index contributed by atoms with van der Waals surface area (Å²) in [6, 6.07) is -0.103. The Morgan fingerprint density at radius 3 is 2.96 bits per heavy atom. The number of likely N-dealkylation sites (tertiary alicyclic amines) is 1. The van der Waals surface area contributed by atoms with Crippen molar-refractivity contribution >= 4 is 12.0 Å². The van der Waals surface area contributed by atoms with E-state index in [0.29, 0.717) is 31.6 Å². The number of carbonyl (C=O) groups excluding carboxylic acids is 2. The summed E-state index contributed by atoms with van der Waals surface area (Å²) in [7, 11) is 1.36. The van der Waals surface area contributed by atoms with E-state index in [2.05, 4.69) is 4.98 Å². The third-order valence-corrected chi connectivity index (χ3v) is 4.65. The fourth-order valence-electron chi connectivity index (χ4n) is 3.41. The molecule has 23 heavy (non-hydrogen) atoms. The highest BCUT2D eigenvalue weighted by Crippen LogP contribution is 2.26. The van der Waals surface area contributed by atoms with E-state index in [9.17, 15) is 14.7 Å². The minimum Gasteiger partial charge on any atom is -0.453 e. The number of pyridine rings is 1. The van der Waals surface area contributed by atoms with E-state index in [1.165, 1.54) is 7.11 Å². The van der Waals surface area contributed by atoms with Crippen molar-refractivity contribution in [2.24, 2.45) is 0 Å². The van der Waals surface area contributed by atoms with E-state index >= 15 is 0 Å². The lowest BCUT2D eigenvalue weighted by Crippen LogP contribution is -2.40. The van der Waals surface area contributed by atoms with Gasteiger partial charge in [0.1, 0.15) is 0 Å². The molecule has 3 rings (SSSR count). The summed E-state index contributed by atoms with van der Waals surface area (Å²) < 4.78 is 4.76. The number of aliphatic hydroxyl groups excluding tert-OH is 1. The van der Waals surface area contributed by atoms with Crippen LogP contribution in [0, 0.1) is 0 Å². The quantitative estimate of drug-likeness (QED) is 0.872. The molecule has 0 saturated carbocycles. The highest BCUT2D eigenvalue weighted by molar-refractivity contribution is 5.96. The first-order valence-corrected chi connectivity index (χ1v) is 7.86. The molecule has 1 aromatic heterocycles. The van der Waals surface area contributed by atoms with Gasteiger partial charge in [0.05, 0.1) is 31.9 Å². The molecule has 7 nitrogen and oxygen atoms in total. The van der Waals surface area contributed by atoms with Crippen LogP contribution in [0.4, 0.5) is 4.79 Å². The Morgan fingerprint density at radius 1 is 1.39 bits per heavy atom. The molecule has 3 heterocycles. The summed E-state index contributed by atoms with van der Waals surface area (Å²) in [5.74, 6) is -0.0718. The van der Waals surface area contributed by atoms with E-state index in [4.69, 9.17) is 4.74 Å². The lowest BCUT2D eigenvalue weighted by Gasteiger charge is -2.30. The number of aromatic nitrogens is 1. The van der Waals surface area contributed by atoms with Crippen LogP contribution in [-0.4, -0.2) is 64.7 Å². The Balaban J connectivity index is 1.85. The first kappa shape index (κ1) is 15.7. The van der Waals surface area contributed by atoms with E-state index in [0.717, 1.165) is 24.0 Å². The Bertz CT molecular complexity index is 619. The van der Waals surface area contributed by atoms with Gasteiger partial charge in [-0.1, -0.05) is 0 Å². The SMILES string of the molecule is COC(=O)N1CCc2c(cncc2C(=O)N2CCCC2CO)C1. The second kappa shape index (κ2) is 6.54. The Labute approximate surface area is 134 Å². The Hall–Kier alpha value is -2.15. The van der Waals surface area contributed by atoms with Crippen LogP contribution in [0.15, 0.2) is 12.4 Å². The summed E-state index contributed by atoms with van der Waals surface area (Å²) in [6.07, 6.45) is 5.28. The van der Waals surface area contributed by atoms with Crippen LogP contribution in [0.25, 0.3) is 0 Å². The van der Waals surface area contributed by atoms with Crippen molar-refractivity contribution in [3.8, 4) is 0 Å². The molecule has 1 unspecified atom stereocenters. The molecule has 2 aliphatic heterocycles. The number of fused-ring (bicyclic) bond motifs is 1. The number of amides is 2. The fourth-order valence-corrected chi connectivity index (χ4v) is 3.41. The van der Waals surface area contributed by atoms with Gasteiger partial charge < -0.3 is 19.6 Å². The molecule has 0 radical (unpaired) electrons. The summed E-state index contributed by atoms with van der Waals surface area (Å²) in [5, 5.41) is 9.43. The van der Waals surface area contributed by atoms with E-state index in [1.807, 2.05) is 0 Å². The number of hydrogen-bond acceptors (Lipinski definition) is 5. The van der Waals surface area contributed by atoms with Crippen molar-refractivity contribution in [1.29, 1.82) is 0 Å². The van der Waals surface area contributed by atoms with Gasteiger partial charge in [-0.2, -0.15) is 0 Å². The van der Waals surface area contributed by atoms with Gasteiger partial charge in [-0.3, -0.25) is 9.78 Å². The van der Waals surface area contributed by atoms with Crippen LogP contribution in [0.2, 0.25) is 0 Å². The second-order valence-corrected chi connectivity index (χ2v) is 5.94. The molecule has 0 bridgehead atoms. The van der Waals surface area contributed by atoms with Crippen molar-refractivity contribution in [2.75, 3.05) is 26.8 Å². The molecular weight excluding hydrogens is 298 g/mol. The smallest absolute Gasteiger partial charge is 0.409 e. The zero-order valence-corrected chi connectivity index (χ0v) is 13.2. The summed E-state index contributed by atoms with van der Waals surface area (Å²) in [6.45, 7) is 1.58. The monoisotopic (exact) mass is 319 g/mol. The molecule has 0 aliphatic carbocycles. The summed E-state index contributed by atoms with van der Waals surface area (Å²) >= 11 is 0. The number of ether oxygens (including phenoxy) is 1. The molecule has 7 heteroatoms. The highest BCUT2D eigenvalue weighted by Gasteiger charge is 2.32. The van der Waals surface area contributed by atoms with Gasteiger partial charge in [0.25, 0.3) is 5.91 Å². The highest BCUT2D eigenvalue weighted by atomic mass is 16.5. The number of methoxy groups -OCH3 is 1. The van der Waals surface area contributed by atoms with Gasteiger partial charge in [0.2, 0.25) is 0 Å². The van der Waals surface area contributed by atoms with Crippen molar-refractivity contribution in [1.82, 2.24) is 14.8 Å². The van der Waals surface area contributed by atoms with Crippen molar-refractivity contribution in [3.05, 3.63) is 29.1 Å². The molecule has 0 aromatic carbocycles. The lowest BCUT2D eigenvalue weighted by atomic mass is 9.96. The van der Waals surface area contributed by atoms with Gasteiger partial charge in [0.15, 0.2) is 0 Å². The third-order valence-electron chi connectivity index (χ3n) is 4.65. The lowest BCUT2D eigenvalue weighted by molar-refractivity contribution is 0.0675. The van der Waals surface area contributed by atoms with Gasteiger partial charge in [-0.25, -0.2) is 4.79 Å². The molecule has 1 atom stereocenters. The van der Waals surface area contributed by atoms with Crippen LogP contribution in [0.3, 0.4) is 0 Å². The van der Waals surface area contributed by atoms with E-state index in [-0.39, 0.29) is 24.6 Å². The predicted octanol–water partition coefficient (Wildman–Crippen LogP) is 0.803. The van der Waals surface area contributed by atoms with Crippen LogP contribution < -0.4 is 0 Å². The van der Waals surface area contributed by atoms with E-state index in [1.54, 1.807) is 22.2 Å². The first-order valence-electron chi connectivity index (χ1n) is 7.86. The van der Waals surface area contributed by atoms with Crippen LogP contribution in [0.5, 0.6) is 0 Å². The van der Waals surface area contributed by atoms with Gasteiger partial charge >= 0.3 is 6.09 Å². The fraction of sp³-hybridized carbons (Fsp3) is 0.562. The zero-order valence-electron chi connectivity index (χ0n) is 13.2. The Morgan fingerprint density at radius 2 is 2.22 bits per heavy atom. The topological polar surface area (TPSA) is 83.0 Å². The molecule has 1 aromatic rings. The minimum absolute atomic E-state index is 0.00961. The van der Waals surface area contributed by atoms with Crippen LogP contribution in [0.1, 0.15) is 34.3 Å². The summed E-state index contributed by atoms with van der Waals surface area (Å²) in [5.41, 5.74) is 2.42. The number of rotatable bonds is 2. The average molecular weight is 319 g/mol. The zero-order chi connectivity index (χ0) is 16.4. The standard InChI is InChI=1S/C16H21N3O4/c1-23-16(22)18-6-4-13-11(9-18)7-17-8-14(13)15(21)19-5-2-3-12(19)10-20/h7-8,12,20H,2-6,9-10H2,1H3. The third kappa shape index (κ3) is 2.88. The normalized spacial score (nSPS) is 20.3. The number of aliphatic hydroxyl groups is 1. The number of hydrogen-bond donors (Lipinski definition) is 1. The maximum atomic E-state index is 12.8. The molecule has 2 aliphatic rings. The first-order chi connectivity index (χ1) is 11.2. The largest absolute Gasteiger partial charge is 0.453 e. The molecule has 2 amide bonds. The molecule has 1 fully saturated rings. The van der Waals surface area contributed by atoms with Crippen LogP contribution in [-0.2, 0) is 17.7 Å². The van der Waals surface area contributed by atoms with Crippen LogP contribution >= 0.6 is 0 Å². The van der Waals surface area contributed by atoms with E-state index < -0.39 is 0 Å². The van der Waals surface area contributed by atoms with Crippen molar-refractivity contribution in [3.63, 3.8) is 0 Å². The molecule has 1 N–H and O–H groups in total. The average Bonchev–Trinajstić information content (AvgIpc) is 3.08. The maximum Gasteiger partial charge on any atom is 0.409 e. The number of nitrogens with zero attached hydrogens (tertiary/aromatic N) is 3. The van der Waals surface area contributed by atoms with Gasteiger partial charge in [-0.05, 0) is 30.4 Å². The molecular formula is C16H21N3O4. The van der Waals surface area contributed by atoms with Gasteiger partial charge in [0, 0.05) is 25.5 Å².